The monoisotopic (exact) mass is 405 g/mol. The minimum atomic E-state index is -5.10. The maximum atomic E-state index is 11.4. The molecule has 0 saturated heterocycles. The van der Waals surface area contributed by atoms with Crippen LogP contribution in [0.5, 0.6) is 0 Å². The van der Waals surface area contributed by atoms with Gasteiger partial charge in [-0.25, -0.2) is 8.42 Å². The van der Waals surface area contributed by atoms with Crippen molar-refractivity contribution in [2.75, 3.05) is 5.73 Å². The van der Waals surface area contributed by atoms with E-state index in [1.165, 1.54) is 0 Å². The average Bonchev–Trinajstić information content (AvgIpc) is 2.32. The summed E-state index contributed by atoms with van der Waals surface area (Å²) in [5.74, 6) is 0. The topological polar surface area (TPSA) is 192 Å². The van der Waals surface area contributed by atoms with Crippen molar-refractivity contribution in [1.82, 2.24) is 0 Å². The Labute approximate surface area is 159 Å². The maximum Gasteiger partial charge on any atom is 1.00 e. The molecule has 0 aliphatic carbocycles. The number of rotatable bonds is 3. The van der Waals surface area contributed by atoms with Crippen molar-refractivity contribution in [3.05, 3.63) is 24.3 Å². The average molecular weight is 405 g/mol. The first-order valence-corrected chi connectivity index (χ1v) is 9.78. The van der Waals surface area contributed by atoms with Crippen molar-refractivity contribution >= 4 is 46.8 Å². The van der Waals surface area contributed by atoms with Crippen LogP contribution in [0.4, 0.5) is 5.69 Å². The van der Waals surface area contributed by atoms with Crippen molar-refractivity contribution < 1.29 is 68.5 Å². The molecule has 2 aromatic rings. The van der Waals surface area contributed by atoms with Crippen molar-refractivity contribution in [2.45, 2.75) is 14.7 Å². The first-order valence-electron chi connectivity index (χ1n) is 5.49. The van der Waals surface area contributed by atoms with Crippen LogP contribution in [0.2, 0.25) is 0 Å². The van der Waals surface area contributed by atoms with E-state index in [1.54, 1.807) is 0 Å². The zero-order chi connectivity index (χ0) is 17.8. The summed E-state index contributed by atoms with van der Waals surface area (Å²) in [5.41, 5.74) is 4.87. The molecule has 0 aromatic heterocycles. The first kappa shape index (κ1) is 21.3. The van der Waals surface area contributed by atoms with Gasteiger partial charge in [0.1, 0.15) is 19.9 Å². The summed E-state index contributed by atoms with van der Waals surface area (Å²) < 4.78 is 96.6. The fourth-order valence-electron chi connectivity index (χ4n) is 1.93. The van der Waals surface area contributed by atoms with Gasteiger partial charge in [-0.3, -0.25) is 9.11 Å². The smallest absolute Gasteiger partial charge is 0.744 e. The second-order valence-electron chi connectivity index (χ2n) is 4.44. The molecule has 14 heteroatoms. The molecular formula is C10H8NNaO9S3. The molecule has 0 atom stereocenters. The predicted octanol–water partition coefficient (Wildman–Crippen LogP) is -3.18. The molecule has 2 aromatic carbocycles. The van der Waals surface area contributed by atoms with E-state index in [4.69, 9.17) is 14.8 Å². The van der Waals surface area contributed by atoms with Crippen LogP contribution in [0.25, 0.3) is 10.8 Å². The second kappa shape index (κ2) is 6.51. The third kappa shape index (κ3) is 4.25. The molecule has 2 rings (SSSR count). The first-order chi connectivity index (χ1) is 10.2. The zero-order valence-electron chi connectivity index (χ0n) is 11.9. The largest absolute Gasteiger partial charge is 1.00 e. The molecule has 0 heterocycles. The van der Waals surface area contributed by atoms with E-state index in [-0.39, 0.29) is 40.3 Å². The van der Waals surface area contributed by atoms with E-state index >= 15 is 0 Å². The fourth-order valence-corrected chi connectivity index (χ4v) is 3.90. The van der Waals surface area contributed by atoms with Gasteiger partial charge in [0.2, 0.25) is 0 Å². The Morgan fingerprint density at radius 1 is 0.833 bits per heavy atom. The number of hydrogen-bond donors (Lipinski definition) is 3. The number of hydrogen-bond acceptors (Lipinski definition) is 8. The Bertz CT molecular complexity index is 1140. The van der Waals surface area contributed by atoms with E-state index in [0.717, 1.165) is 6.07 Å². The van der Waals surface area contributed by atoms with Gasteiger partial charge >= 0.3 is 29.6 Å². The minimum Gasteiger partial charge on any atom is -0.744 e. The van der Waals surface area contributed by atoms with Gasteiger partial charge in [0.25, 0.3) is 20.2 Å². The number of anilines is 1. The van der Waals surface area contributed by atoms with Gasteiger partial charge in [-0.15, -0.1) is 0 Å². The van der Waals surface area contributed by atoms with E-state index < -0.39 is 50.7 Å². The van der Waals surface area contributed by atoms with E-state index in [0.29, 0.717) is 18.2 Å². The van der Waals surface area contributed by atoms with Gasteiger partial charge in [-0.2, -0.15) is 16.8 Å². The Balaban J connectivity index is 0.00000288. The molecular weight excluding hydrogens is 397 g/mol. The molecule has 0 fully saturated rings. The Kier molecular flexibility index (Phi) is 5.77. The standard InChI is InChI=1S/C10H9NO9S3.Na/c11-8-4-7-5(2-10(8)23(18,19)20)1-6(21(12,13)14)3-9(7)22(15,16)17;/h1-4H,11H2,(H,12,13,14)(H,15,16,17)(H,18,19,20);/q;+1/p-1. The molecule has 0 aliphatic rings. The van der Waals surface area contributed by atoms with Crippen LogP contribution in [-0.4, -0.2) is 38.9 Å². The summed E-state index contributed by atoms with van der Waals surface area (Å²) >= 11 is 0. The number of fused-ring (bicyclic) bond motifs is 1. The number of nitrogen functional groups attached to an aromatic ring is 1. The molecule has 0 saturated carbocycles. The van der Waals surface area contributed by atoms with E-state index in [9.17, 15) is 29.8 Å². The molecule has 0 unspecified atom stereocenters. The van der Waals surface area contributed by atoms with E-state index in [1.807, 2.05) is 0 Å². The maximum absolute atomic E-state index is 11.4. The molecule has 126 valence electrons. The van der Waals surface area contributed by atoms with Gasteiger partial charge in [0.05, 0.1) is 10.6 Å². The van der Waals surface area contributed by atoms with Crippen LogP contribution < -0.4 is 35.3 Å². The normalized spacial score (nSPS) is 12.8. The molecule has 0 spiro atoms. The Morgan fingerprint density at radius 3 is 1.75 bits per heavy atom. The summed E-state index contributed by atoms with van der Waals surface area (Å²) in [6.07, 6.45) is 0. The van der Waals surface area contributed by atoms with Crippen LogP contribution in [-0.2, 0) is 30.4 Å². The van der Waals surface area contributed by atoms with Crippen LogP contribution in [0.15, 0.2) is 39.0 Å². The SMILES string of the molecule is Nc1cc2c(S(=O)(=O)O)cc(S(=O)(=O)[O-])cc2cc1S(=O)(=O)O.[Na+]. The molecule has 4 N–H and O–H groups in total. The Hall–Kier alpha value is -0.770. The van der Waals surface area contributed by atoms with Crippen molar-refractivity contribution in [3.8, 4) is 0 Å². The third-order valence-electron chi connectivity index (χ3n) is 2.86. The molecule has 0 amide bonds. The molecule has 24 heavy (non-hydrogen) atoms. The van der Waals surface area contributed by atoms with Crippen molar-refractivity contribution in [2.24, 2.45) is 0 Å². The summed E-state index contributed by atoms with van der Waals surface area (Å²) in [6, 6.07) is 2.61. The summed E-state index contributed by atoms with van der Waals surface area (Å²) in [7, 11) is -14.8. The summed E-state index contributed by atoms with van der Waals surface area (Å²) in [4.78, 5) is -2.77. The van der Waals surface area contributed by atoms with Gasteiger partial charge in [0, 0.05) is 5.39 Å². The quantitative estimate of drug-likeness (QED) is 0.266. The van der Waals surface area contributed by atoms with Gasteiger partial charge in [-0.1, -0.05) is 0 Å². The molecule has 0 aliphatic heterocycles. The predicted molar refractivity (Wildman–Crippen MR) is 76.0 cm³/mol. The Morgan fingerprint density at radius 2 is 1.33 bits per heavy atom. The second-order valence-corrected chi connectivity index (χ2v) is 8.60. The molecule has 0 radical (unpaired) electrons. The number of nitrogens with two attached hydrogens (primary N) is 1. The fraction of sp³-hybridized carbons (Fsp3) is 0. The van der Waals surface area contributed by atoms with Crippen LogP contribution in [0.3, 0.4) is 0 Å². The van der Waals surface area contributed by atoms with Crippen molar-refractivity contribution in [3.63, 3.8) is 0 Å². The van der Waals surface area contributed by atoms with Gasteiger partial charge in [0.15, 0.2) is 0 Å². The minimum absolute atomic E-state index is 0. The molecule has 10 nitrogen and oxygen atoms in total. The zero-order valence-corrected chi connectivity index (χ0v) is 16.3. The van der Waals surface area contributed by atoms with Crippen LogP contribution in [0, 0.1) is 0 Å². The number of benzene rings is 2. The van der Waals surface area contributed by atoms with Crippen LogP contribution >= 0.6 is 0 Å². The van der Waals surface area contributed by atoms with Gasteiger partial charge in [-0.05, 0) is 29.7 Å². The van der Waals surface area contributed by atoms with Gasteiger partial charge < -0.3 is 10.3 Å². The third-order valence-corrected chi connectivity index (χ3v) is 5.48. The summed E-state index contributed by atoms with van der Waals surface area (Å²) in [6.45, 7) is 0. The van der Waals surface area contributed by atoms with E-state index in [2.05, 4.69) is 0 Å². The van der Waals surface area contributed by atoms with Crippen LogP contribution in [0.1, 0.15) is 0 Å². The molecule has 0 bridgehead atoms. The summed E-state index contributed by atoms with van der Waals surface area (Å²) in [5, 5.41) is -0.679. The van der Waals surface area contributed by atoms with Crippen molar-refractivity contribution in [1.29, 1.82) is 0 Å².